The lowest BCUT2D eigenvalue weighted by atomic mass is 10.1. The first-order valence-corrected chi connectivity index (χ1v) is 8.74. The van der Waals surface area contributed by atoms with Crippen LogP contribution in [0.15, 0.2) is 39.7 Å². The first-order chi connectivity index (χ1) is 12.8. The molecule has 4 heterocycles. The Kier molecular flexibility index (Phi) is 5.03. The van der Waals surface area contributed by atoms with Crippen molar-refractivity contribution in [2.45, 2.75) is 39.0 Å². The van der Waals surface area contributed by atoms with E-state index >= 15 is 0 Å². The van der Waals surface area contributed by atoms with Gasteiger partial charge in [-0.1, -0.05) is 5.16 Å². The second kappa shape index (κ2) is 7.76. The third-order valence-corrected chi connectivity index (χ3v) is 4.34. The summed E-state index contributed by atoms with van der Waals surface area (Å²) in [6, 6.07) is 4.03. The van der Waals surface area contributed by atoms with Gasteiger partial charge in [-0.25, -0.2) is 4.98 Å². The van der Waals surface area contributed by atoms with Crippen molar-refractivity contribution in [3.8, 4) is 11.5 Å². The van der Waals surface area contributed by atoms with E-state index < -0.39 is 0 Å². The number of furan rings is 1. The maximum absolute atomic E-state index is 5.99. The molecule has 0 bridgehead atoms. The van der Waals surface area contributed by atoms with Crippen LogP contribution in [0.1, 0.15) is 30.3 Å². The van der Waals surface area contributed by atoms with E-state index in [2.05, 4.69) is 25.0 Å². The molecule has 0 spiro atoms. The Morgan fingerprint density at radius 2 is 2.27 bits per heavy atom. The fraction of sp³-hybridized carbons (Fsp3) is 0.444. The van der Waals surface area contributed by atoms with E-state index in [1.807, 2.05) is 19.1 Å². The molecule has 0 amide bonds. The number of ether oxygens (including phenoxy) is 1. The molecule has 4 rings (SSSR count). The van der Waals surface area contributed by atoms with E-state index in [4.69, 9.17) is 13.7 Å². The van der Waals surface area contributed by atoms with Crippen molar-refractivity contribution < 1.29 is 13.7 Å². The predicted molar refractivity (Wildman–Crippen MR) is 91.9 cm³/mol. The van der Waals surface area contributed by atoms with Gasteiger partial charge >= 0.3 is 0 Å². The molecule has 26 heavy (non-hydrogen) atoms. The lowest BCUT2D eigenvalue weighted by molar-refractivity contribution is -0.0223. The number of piperidine rings is 1. The number of rotatable bonds is 6. The molecule has 136 valence electrons. The number of nitrogens with zero attached hydrogens (tertiary/aromatic N) is 5. The van der Waals surface area contributed by atoms with Gasteiger partial charge in [0.1, 0.15) is 23.8 Å². The van der Waals surface area contributed by atoms with E-state index in [0.717, 1.165) is 44.0 Å². The summed E-state index contributed by atoms with van der Waals surface area (Å²) >= 11 is 0. The molecule has 8 heteroatoms. The van der Waals surface area contributed by atoms with Crippen LogP contribution < -0.4 is 0 Å². The van der Waals surface area contributed by atoms with Gasteiger partial charge in [0.05, 0.1) is 18.8 Å². The van der Waals surface area contributed by atoms with Crippen molar-refractivity contribution in [2.24, 2.45) is 0 Å². The molecular formula is C18H21N5O3. The SMILES string of the molecule is Cc1ccc(CN2CCCC(OCc3nc(-c4cnccn4)no3)C2)o1. The van der Waals surface area contributed by atoms with Crippen molar-refractivity contribution in [3.05, 3.63) is 48.1 Å². The smallest absolute Gasteiger partial charge is 0.253 e. The number of aromatic nitrogens is 4. The molecule has 1 unspecified atom stereocenters. The molecule has 0 saturated carbocycles. The molecule has 3 aromatic rings. The minimum atomic E-state index is 0.145. The Bertz CT molecular complexity index is 832. The summed E-state index contributed by atoms with van der Waals surface area (Å²) in [6.45, 7) is 4.99. The highest BCUT2D eigenvalue weighted by atomic mass is 16.5. The minimum Gasteiger partial charge on any atom is -0.465 e. The molecule has 1 atom stereocenters. The Balaban J connectivity index is 1.30. The van der Waals surface area contributed by atoms with Gasteiger partial charge < -0.3 is 13.7 Å². The van der Waals surface area contributed by atoms with E-state index in [1.54, 1.807) is 18.6 Å². The van der Waals surface area contributed by atoms with Crippen molar-refractivity contribution >= 4 is 0 Å². The highest BCUT2D eigenvalue weighted by Crippen LogP contribution is 2.19. The predicted octanol–water partition coefficient (Wildman–Crippen LogP) is 2.61. The van der Waals surface area contributed by atoms with Crippen LogP contribution in [0.2, 0.25) is 0 Å². The van der Waals surface area contributed by atoms with E-state index in [-0.39, 0.29) is 6.10 Å². The monoisotopic (exact) mass is 355 g/mol. The Morgan fingerprint density at radius 1 is 1.31 bits per heavy atom. The van der Waals surface area contributed by atoms with Gasteiger partial charge in [0.25, 0.3) is 5.89 Å². The van der Waals surface area contributed by atoms with Gasteiger partial charge in [-0.05, 0) is 38.4 Å². The molecule has 0 radical (unpaired) electrons. The summed E-state index contributed by atoms with van der Waals surface area (Å²) < 4.78 is 16.9. The Hall–Kier alpha value is -2.58. The van der Waals surface area contributed by atoms with Crippen LogP contribution in [-0.2, 0) is 17.9 Å². The van der Waals surface area contributed by atoms with Crippen molar-refractivity contribution in [1.29, 1.82) is 0 Å². The van der Waals surface area contributed by atoms with Crippen LogP contribution in [0.5, 0.6) is 0 Å². The lowest BCUT2D eigenvalue weighted by Crippen LogP contribution is -2.39. The summed E-state index contributed by atoms with van der Waals surface area (Å²) in [7, 11) is 0. The van der Waals surface area contributed by atoms with Crippen LogP contribution >= 0.6 is 0 Å². The zero-order chi connectivity index (χ0) is 17.8. The molecule has 1 aliphatic rings. The number of aryl methyl sites for hydroxylation is 1. The van der Waals surface area contributed by atoms with Gasteiger partial charge in [0.15, 0.2) is 0 Å². The molecule has 1 saturated heterocycles. The molecule has 1 fully saturated rings. The Labute approximate surface area is 151 Å². The number of likely N-dealkylation sites (tertiary alicyclic amines) is 1. The fourth-order valence-electron chi connectivity index (χ4n) is 3.10. The quantitative estimate of drug-likeness (QED) is 0.666. The number of hydrogen-bond donors (Lipinski definition) is 0. The van der Waals surface area contributed by atoms with Gasteiger partial charge in [-0.3, -0.25) is 9.88 Å². The van der Waals surface area contributed by atoms with Crippen LogP contribution in [0.4, 0.5) is 0 Å². The zero-order valence-corrected chi connectivity index (χ0v) is 14.7. The average Bonchev–Trinajstić information content (AvgIpc) is 3.30. The first kappa shape index (κ1) is 16.9. The largest absolute Gasteiger partial charge is 0.465 e. The van der Waals surface area contributed by atoms with Gasteiger partial charge in [-0.15, -0.1) is 0 Å². The highest BCUT2D eigenvalue weighted by molar-refractivity contribution is 5.45. The Morgan fingerprint density at radius 3 is 3.08 bits per heavy atom. The molecule has 0 N–H and O–H groups in total. The molecule has 8 nitrogen and oxygen atoms in total. The standard InChI is InChI=1S/C18H21N5O3/c1-13-4-5-15(25-13)11-23-8-2-3-14(10-23)24-12-17-21-18(22-26-17)16-9-19-6-7-20-16/h4-7,9,14H,2-3,8,10-12H2,1H3. The molecule has 0 aliphatic carbocycles. The molecule has 0 aromatic carbocycles. The maximum Gasteiger partial charge on any atom is 0.253 e. The summed E-state index contributed by atoms with van der Waals surface area (Å²) in [5.41, 5.74) is 0.583. The van der Waals surface area contributed by atoms with Crippen LogP contribution in [-0.4, -0.2) is 44.2 Å². The van der Waals surface area contributed by atoms with Crippen LogP contribution in [0.25, 0.3) is 11.5 Å². The average molecular weight is 355 g/mol. The fourth-order valence-corrected chi connectivity index (χ4v) is 3.10. The third-order valence-electron chi connectivity index (χ3n) is 4.34. The molecule has 3 aromatic heterocycles. The van der Waals surface area contributed by atoms with E-state index in [1.165, 1.54) is 0 Å². The molecule has 1 aliphatic heterocycles. The highest BCUT2D eigenvalue weighted by Gasteiger charge is 2.22. The van der Waals surface area contributed by atoms with Crippen molar-refractivity contribution in [2.75, 3.05) is 13.1 Å². The van der Waals surface area contributed by atoms with Crippen molar-refractivity contribution in [1.82, 2.24) is 25.0 Å². The number of hydrogen-bond acceptors (Lipinski definition) is 8. The molecular weight excluding hydrogens is 334 g/mol. The van der Waals surface area contributed by atoms with Gasteiger partial charge in [-0.2, -0.15) is 4.98 Å². The van der Waals surface area contributed by atoms with Gasteiger partial charge in [0.2, 0.25) is 5.82 Å². The second-order valence-electron chi connectivity index (χ2n) is 6.43. The van der Waals surface area contributed by atoms with E-state index in [0.29, 0.717) is 24.0 Å². The van der Waals surface area contributed by atoms with Crippen molar-refractivity contribution in [3.63, 3.8) is 0 Å². The summed E-state index contributed by atoms with van der Waals surface area (Å²) in [6.07, 6.45) is 7.07. The second-order valence-corrected chi connectivity index (χ2v) is 6.43. The maximum atomic E-state index is 5.99. The minimum absolute atomic E-state index is 0.145. The first-order valence-electron chi connectivity index (χ1n) is 8.74. The summed E-state index contributed by atoms with van der Waals surface area (Å²) in [5.74, 6) is 2.81. The van der Waals surface area contributed by atoms with Gasteiger partial charge in [0, 0.05) is 18.9 Å². The normalized spacial score (nSPS) is 18.3. The van der Waals surface area contributed by atoms with Crippen LogP contribution in [0.3, 0.4) is 0 Å². The van der Waals surface area contributed by atoms with Crippen LogP contribution in [0, 0.1) is 6.92 Å². The summed E-state index contributed by atoms with van der Waals surface area (Å²) in [4.78, 5) is 14.8. The summed E-state index contributed by atoms with van der Waals surface area (Å²) in [5, 5.41) is 3.93. The third kappa shape index (κ3) is 4.14. The zero-order valence-electron chi connectivity index (χ0n) is 14.7. The lowest BCUT2D eigenvalue weighted by Gasteiger charge is -2.31. The van der Waals surface area contributed by atoms with E-state index in [9.17, 15) is 0 Å². The topological polar surface area (TPSA) is 90.3 Å².